The van der Waals surface area contributed by atoms with E-state index in [9.17, 15) is 24.3 Å². The second-order valence-electron chi connectivity index (χ2n) is 6.26. The van der Waals surface area contributed by atoms with Gasteiger partial charge >= 0.3 is 11.9 Å². The van der Waals surface area contributed by atoms with Gasteiger partial charge in [-0.3, -0.25) is 14.4 Å². The van der Waals surface area contributed by atoms with Crippen molar-refractivity contribution in [1.29, 1.82) is 0 Å². The van der Waals surface area contributed by atoms with Gasteiger partial charge in [-0.25, -0.2) is 4.79 Å². The van der Waals surface area contributed by atoms with E-state index in [2.05, 4.69) is 15.4 Å². The van der Waals surface area contributed by atoms with Crippen LogP contribution in [0.3, 0.4) is 0 Å². The third-order valence-electron chi connectivity index (χ3n) is 4.53. The average Bonchev–Trinajstić information content (AvgIpc) is 3.36. The predicted molar refractivity (Wildman–Crippen MR) is 110 cm³/mol. The summed E-state index contributed by atoms with van der Waals surface area (Å²) >= 11 is 2.34. The molecule has 29 heavy (non-hydrogen) atoms. The monoisotopic (exact) mass is 434 g/mol. The van der Waals surface area contributed by atoms with Crippen LogP contribution in [0.2, 0.25) is 0 Å². The molecular formula is C19H18N2O6S2. The van der Waals surface area contributed by atoms with E-state index in [0.717, 1.165) is 11.3 Å². The van der Waals surface area contributed by atoms with Gasteiger partial charge in [0.2, 0.25) is 5.91 Å². The maximum atomic E-state index is 12.7. The maximum Gasteiger partial charge on any atom is 0.340 e. The van der Waals surface area contributed by atoms with E-state index in [1.54, 1.807) is 35.0 Å². The number of ether oxygens (including phenoxy) is 1. The lowest BCUT2D eigenvalue weighted by Gasteiger charge is -2.24. The van der Waals surface area contributed by atoms with Crippen LogP contribution in [-0.4, -0.2) is 36.0 Å². The van der Waals surface area contributed by atoms with E-state index in [4.69, 9.17) is 0 Å². The molecule has 0 fully saturated rings. The molecule has 152 valence electrons. The molecule has 0 bridgehead atoms. The molecule has 2 atom stereocenters. The van der Waals surface area contributed by atoms with Crippen LogP contribution in [0.15, 0.2) is 35.0 Å². The smallest absolute Gasteiger partial charge is 0.340 e. The van der Waals surface area contributed by atoms with Gasteiger partial charge in [-0.05, 0) is 35.7 Å². The highest BCUT2D eigenvalue weighted by atomic mass is 32.1. The minimum atomic E-state index is -1.02. The lowest BCUT2D eigenvalue weighted by molar-refractivity contribution is -0.146. The summed E-state index contributed by atoms with van der Waals surface area (Å²) in [6, 6.07) is 3.10. The Morgan fingerprint density at radius 2 is 1.55 bits per heavy atom. The molecule has 1 aliphatic carbocycles. The zero-order chi connectivity index (χ0) is 21.0. The quantitative estimate of drug-likeness (QED) is 0.473. The van der Waals surface area contributed by atoms with Crippen molar-refractivity contribution in [3.63, 3.8) is 0 Å². The van der Waals surface area contributed by atoms with Gasteiger partial charge in [-0.1, -0.05) is 12.2 Å². The first-order valence-electron chi connectivity index (χ1n) is 8.65. The minimum Gasteiger partial charge on any atom is -0.481 e. The fourth-order valence-electron chi connectivity index (χ4n) is 3.01. The van der Waals surface area contributed by atoms with Crippen LogP contribution in [0.1, 0.15) is 33.6 Å². The van der Waals surface area contributed by atoms with Crippen LogP contribution in [0, 0.1) is 11.8 Å². The molecule has 0 radical (unpaired) electrons. The van der Waals surface area contributed by atoms with Crippen LogP contribution in [0.4, 0.5) is 10.0 Å². The number of carbonyl (C=O) groups is 4. The number of amides is 2. The highest BCUT2D eigenvalue weighted by Gasteiger charge is 2.34. The molecule has 0 spiro atoms. The van der Waals surface area contributed by atoms with Gasteiger partial charge in [0.15, 0.2) is 0 Å². The Morgan fingerprint density at radius 3 is 2.17 bits per heavy atom. The molecule has 3 rings (SSSR count). The Kier molecular flexibility index (Phi) is 6.45. The molecule has 1 aliphatic rings. The van der Waals surface area contributed by atoms with Crippen molar-refractivity contribution >= 4 is 56.4 Å². The lowest BCUT2D eigenvalue weighted by atomic mass is 9.82. The van der Waals surface area contributed by atoms with Gasteiger partial charge in [0.1, 0.15) is 10.0 Å². The zero-order valence-corrected chi connectivity index (χ0v) is 17.0. The van der Waals surface area contributed by atoms with Crippen molar-refractivity contribution in [3.8, 4) is 0 Å². The van der Waals surface area contributed by atoms with Gasteiger partial charge in [-0.15, -0.1) is 22.7 Å². The number of carboxylic acid groups (broad SMARTS) is 1. The normalized spacial score (nSPS) is 18.1. The Labute approximate surface area is 174 Å². The summed E-state index contributed by atoms with van der Waals surface area (Å²) in [5.41, 5.74) is 0.468. The van der Waals surface area contributed by atoms with Gasteiger partial charge in [-0.2, -0.15) is 0 Å². The van der Waals surface area contributed by atoms with Gasteiger partial charge < -0.3 is 20.5 Å². The van der Waals surface area contributed by atoms with Crippen molar-refractivity contribution in [2.75, 3.05) is 17.7 Å². The van der Waals surface area contributed by atoms with Gasteiger partial charge in [0.25, 0.3) is 5.91 Å². The number of allylic oxidation sites excluding steroid dienone is 2. The van der Waals surface area contributed by atoms with Crippen LogP contribution in [-0.2, 0) is 14.3 Å². The van der Waals surface area contributed by atoms with Crippen LogP contribution in [0.25, 0.3) is 0 Å². The highest BCUT2D eigenvalue weighted by Crippen LogP contribution is 2.31. The Morgan fingerprint density at radius 1 is 0.966 bits per heavy atom. The Bertz CT molecular complexity index is 977. The highest BCUT2D eigenvalue weighted by molar-refractivity contribution is 7.15. The molecule has 0 saturated carbocycles. The first kappa shape index (κ1) is 20.7. The van der Waals surface area contributed by atoms with E-state index in [1.807, 2.05) is 0 Å². The minimum absolute atomic E-state index is 0.228. The van der Waals surface area contributed by atoms with Crippen molar-refractivity contribution < 1.29 is 29.0 Å². The number of thiophene rings is 2. The SMILES string of the molecule is COC(=O)c1ccsc1NC(=O)c1ccsc1NC(=O)C1CC=CCC1C(=O)O. The number of hydrogen-bond acceptors (Lipinski definition) is 7. The fraction of sp³-hybridized carbons (Fsp3) is 0.263. The topological polar surface area (TPSA) is 122 Å². The standard InChI is InChI=1S/C19H18N2O6S2/c1-27-19(26)13-7-9-29-17(13)21-15(23)12-6-8-28-16(12)20-14(22)10-4-2-3-5-11(10)18(24)25/h2-3,6-11H,4-5H2,1H3,(H,20,22)(H,21,23)(H,24,25). The molecule has 2 aromatic rings. The molecule has 10 heteroatoms. The van der Waals surface area contributed by atoms with Crippen LogP contribution in [0.5, 0.6) is 0 Å². The molecule has 0 aliphatic heterocycles. The van der Waals surface area contributed by atoms with Crippen molar-refractivity contribution in [1.82, 2.24) is 0 Å². The van der Waals surface area contributed by atoms with Crippen LogP contribution < -0.4 is 10.6 Å². The Balaban J connectivity index is 1.74. The second-order valence-corrected chi connectivity index (χ2v) is 8.09. The summed E-state index contributed by atoms with van der Waals surface area (Å²) in [7, 11) is 1.25. The summed E-state index contributed by atoms with van der Waals surface area (Å²) in [6.07, 6.45) is 4.16. The zero-order valence-electron chi connectivity index (χ0n) is 15.3. The molecule has 3 N–H and O–H groups in total. The molecule has 2 unspecified atom stereocenters. The van der Waals surface area contributed by atoms with Crippen molar-refractivity contribution in [3.05, 3.63) is 46.2 Å². The van der Waals surface area contributed by atoms with Gasteiger partial charge in [0.05, 0.1) is 30.1 Å². The summed E-state index contributed by atoms with van der Waals surface area (Å²) in [6.45, 7) is 0. The number of carbonyl (C=O) groups excluding carboxylic acids is 3. The summed E-state index contributed by atoms with van der Waals surface area (Å²) in [4.78, 5) is 48.5. The molecule has 2 aromatic heterocycles. The van der Waals surface area contributed by atoms with Crippen molar-refractivity contribution in [2.24, 2.45) is 11.8 Å². The average molecular weight is 434 g/mol. The first-order valence-corrected chi connectivity index (χ1v) is 10.4. The third-order valence-corrected chi connectivity index (χ3v) is 6.19. The number of anilines is 2. The first-order chi connectivity index (χ1) is 13.9. The molecule has 2 heterocycles. The number of esters is 1. The summed E-state index contributed by atoms with van der Waals surface area (Å²) in [5.74, 6) is -4.03. The maximum absolute atomic E-state index is 12.7. The number of hydrogen-bond donors (Lipinski definition) is 3. The summed E-state index contributed by atoms with van der Waals surface area (Å²) in [5, 5.41) is 18.7. The molecule has 2 amide bonds. The van der Waals surface area contributed by atoms with Crippen LogP contribution >= 0.6 is 22.7 Å². The molecule has 0 saturated heterocycles. The Hall–Kier alpha value is -2.98. The number of nitrogens with one attached hydrogen (secondary N) is 2. The van der Waals surface area contributed by atoms with Gasteiger partial charge in [0, 0.05) is 0 Å². The number of methoxy groups -OCH3 is 1. The van der Waals surface area contributed by atoms with Crippen molar-refractivity contribution in [2.45, 2.75) is 12.8 Å². The largest absolute Gasteiger partial charge is 0.481 e. The fourth-order valence-corrected chi connectivity index (χ4v) is 4.57. The van der Waals surface area contributed by atoms with E-state index in [1.165, 1.54) is 18.4 Å². The molecule has 8 nitrogen and oxygen atoms in total. The molecular weight excluding hydrogens is 416 g/mol. The predicted octanol–water partition coefficient (Wildman–Crippen LogP) is 3.45. The van der Waals surface area contributed by atoms with E-state index in [-0.39, 0.29) is 11.1 Å². The number of rotatable bonds is 6. The van der Waals surface area contributed by atoms with E-state index >= 15 is 0 Å². The molecule has 0 aromatic carbocycles. The van der Waals surface area contributed by atoms with E-state index in [0.29, 0.717) is 22.8 Å². The van der Waals surface area contributed by atoms with E-state index < -0.39 is 35.6 Å². The number of aliphatic carboxylic acids is 1. The summed E-state index contributed by atoms with van der Waals surface area (Å²) < 4.78 is 4.69. The lowest BCUT2D eigenvalue weighted by Crippen LogP contribution is -2.34. The number of carboxylic acids is 1. The second kappa shape index (κ2) is 9.01. The third kappa shape index (κ3) is 4.54.